The number of ether oxygens (including phenoxy) is 3. The van der Waals surface area contributed by atoms with Crippen molar-refractivity contribution in [3.8, 4) is 6.07 Å². The molecular weight excluding hydrogens is 308 g/mol. The van der Waals surface area contributed by atoms with Gasteiger partial charge >= 0.3 is 6.09 Å². The molecule has 0 N–H and O–H groups in total. The SMILES string of the molecule is COC(=O)N1c2ccccc2C2(C(C)(C)C)OC(OC)=C(C#N)C12. The number of carbonyl (C=O) groups excluding carboxylic acids is 1. The Morgan fingerprint density at radius 1 is 1.33 bits per heavy atom. The van der Waals surface area contributed by atoms with E-state index in [1.54, 1.807) is 0 Å². The molecule has 0 fully saturated rings. The number of nitrogens with zero attached hydrogens (tertiary/aromatic N) is 2. The van der Waals surface area contributed by atoms with Gasteiger partial charge in [0, 0.05) is 11.0 Å². The number of benzene rings is 1. The van der Waals surface area contributed by atoms with Crippen molar-refractivity contribution in [2.45, 2.75) is 32.4 Å². The molecule has 0 bridgehead atoms. The van der Waals surface area contributed by atoms with Crippen LogP contribution in [0.4, 0.5) is 10.5 Å². The van der Waals surface area contributed by atoms with E-state index in [1.165, 1.54) is 19.1 Å². The number of para-hydroxylation sites is 1. The van der Waals surface area contributed by atoms with E-state index in [2.05, 4.69) is 6.07 Å². The number of rotatable bonds is 1. The van der Waals surface area contributed by atoms with Gasteiger partial charge in [-0.2, -0.15) is 5.26 Å². The molecule has 1 aromatic carbocycles. The van der Waals surface area contributed by atoms with Crippen LogP contribution in [0.5, 0.6) is 0 Å². The molecule has 24 heavy (non-hydrogen) atoms. The molecule has 2 aliphatic rings. The van der Waals surface area contributed by atoms with Gasteiger partial charge in [0.25, 0.3) is 5.95 Å². The summed E-state index contributed by atoms with van der Waals surface area (Å²) in [6.45, 7) is 6.06. The highest BCUT2D eigenvalue weighted by atomic mass is 16.7. The smallest absolute Gasteiger partial charge is 0.414 e. The summed E-state index contributed by atoms with van der Waals surface area (Å²) in [7, 11) is 2.78. The van der Waals surface area contributed by atoms with Crippen LogP contribution >= 0.6 is 0 Å². The summed E-state index contributed by atoms with van der Waals surface area (Å²) in [5.74, 6) is 0.154. The molecule has 1 amide bonds. The van der Waals surface area contributed by atoms with Gasteiger partial charge in [0.15, 0.2) is 5.60 Å². The van der Waals surface area contributed by atoms with Crippen LogP contribution in [0.3, 0.4) is 0 Å². The molecule has 0 saturated carbocycles. The lowest BCUT2D eigenvalue weighted by molar-refractivity contribution is -0.111. The molecule has 2 heterocycles. The maximum absolute atomic E-state index is 12.5. The monoisotopic (exact) mass is 328 g/mol. The van der Waals surface area contributed by atoms with Crippen LogP contribution in [-0.4, -0.2) is 26.4 Å². The van der Waals surface area contributed by atoms with Crippen molar-refractivity contribution in [3.05, 3.63) is 41.3 Å². The van der Waals surface area contributed by atoms with Gasteiger partial charge in [-0.15, -0.1) is 0 Å². The van der Waals surface area contributed by atoms with Crippen LogP contribution < -0.4 is 4.90 Å². The van der Waals surface area contributed by atoms with Crippen LogP contribution in [0.15, 0.2) is 35.8 Å². The van der Waals surface area contributed by atoms with Gasteiger partial charge < -0.3 is 14.2 Å². The largest absolute Gasteiger partial charge is 0.468 e. The van der Waals surface area contributed by atoms with Gasteiger partial charge in [-0.1, -0.05) is 39.0 Å². The highest BCUT2D eigenvalue weighted by molar-refractivity contribution is 5.94. The summed E-state index contributed by atoms with van der Waals surface area (Å²) in [5, 5.41) is 9.70. The van der Waals surface area contributed by atoms with Gasteiger partial charge in [0.1, 0.15) is 17.7 Å². The third-order valence-electron chi connectivity index (χ3n) is 4.75. The van der Waals surface area contributed by atoms with Crippen LogP contribution in [-0.2, 0) is 19.8 Å². The quantitative estimate of drug-likeness (QED) is 0.791. The topological polar surface area (TPSA) is 71.8 Å². The maximum Gasteiger partial charge on any atom is 0.414 e. The zero-order valence-corrected chi connectivity index (χ0v) is 14.4. The molecule has 0 aliphatic carbocycles. The van der Waals surface area contributed by atoms with Crippen molar-refractivity contribution in [2.24, 2.45) is 5.41 Å². The average molecular weight is 328 g/mol. The highest BCUT2D eigenvalue weighted by Gasteiger charge is 2.67. The molecular formula is C18H20N2O4. The third-order valence-corrected chi connectivity index (χ3v) is 4.75. The minimum absolute atomic E-state index is 0.154. The Bertz CT molecular complexity index is 772. The van der Waals surface area contributed by atoms with Crippen LogP contribution in [0.1, 0.15) is 26.3 Å². The van der Waals surface area contributed by atoms with Crippen LogP contribution in [0.25, 0.3) is 0 Å². The third kappa shape index (κ3) is 1.78. The Morgan fingerprint density at radius 2 is 2.00 bits per heavy atom. The second-order valence-corrected chi connectivity index (χ2v) is 6.86. The molecule has 2 aliphatic heterocycles. The number of nitriles is 1. The van der Waals surface area contributed by atoms with E-state index in [0.29, 0.717) is 5.69 Å². The van der Waals surface area contributed by atoms with Crippen molar-refractivity contribution in [1.29, 1.82) is 5.26 Å². The zero-order chi connectivity index (χ0) is 17.7. The number of hydrogen-bond acceptors (Lipinski definition) is 5. The molecule has 0 spiro atoms. The molecule has 2 atom stereocenters. The predicted molar refractivity (Wildman–Crippen MR) is 87.0 cm³/mol. The Kier molecular flexibility index (Phi) is 3.48. The van der Waals surface area contributed by atoms with E-state index in [-0.39, 0.29) is 11.5 Å². The first-order valence-electron chi connectivity index (χ1n) is 7.67. The second-order valence-electron chi connectivity index (χ2n) is 6.86. The molecule has 3 rings (SSSR count). The number of hydrogen-bond donors (Lipinski definition) is 0. The summed E-state index contributed by atoms with van der Waals surface area (Å²) in [4.78, 5) is 14.0. The molecule has 0 aromatic heterocycles. The fraction of sp³-hybridized carbons (Fsp3) is 0.444. The van der Waals surface area contributed by atoms with E-state index in [1.807, 2.05) is 45.0 Å². The minimum Gasteiger partial charge on any atom is -0.468 e. The second kappa shape index (κ2) is 5.17. The highest BCUT2D eigenvalue weighted by Crippen LogP contribution is 2.61. The number of anilines is 1. The summed E-state index contributed by atoms with van der Waals surface area (Å²) in [6.07, 6.45) is -0.535. The van der Waals surface area contributed by atoms with Gasteiger partial charge in [-0.3, -0.25) is 4.90 Å². The van der Waals surface area contributed by atoms with Gasteiger partial charge in [0.2, 0.25) is 0 Å². The van der Waals surface area contributed by atoms with Gasteiger partial charge in [-0.05, 0) is 6.07 Å². The normalized spacial score (nSPS) is 24.8. The first-order valence-corrected chi connectivity index (χ1v) is 7.67. The standard InChI is InChI=1S/C18H20N2O4/c1-17(2,3)18-12-8-6-7-9-13(12)20(16(21)23-5)14(18)11(10-19)15(22-4)24-18/h6-9,14H,1-5H3. The average Bonchev–Trinajstić information content (AvgIpc) is 3.04. The molecule has 0 radical (unpaired) electrons. The lowest BCUT2D eigenvalue weighted by atomic mass is 9.69. The molecule has 1 aromatic rings. The number of fused-ring (bicyclic) bond motifs is 3. The molecule has 126 valence electrons. The molecule has 6 heteroatoms. The van der Waals surface area contributed by atoms with Crippen LogP contribution in [0.2, 0.25) is 0 Å². The Hall–Kier alpha value is -2.68. The van der Waals surface area contributed by atoms with E-state index < -0.39 is 23.2 Å². The minimum atomic E-state index is -0.922. The predicted octanol–water partition coefficient (Wildman–Crippen LogP) is 3.29. The summed E-state index contributed by atoms with van der Waals surface area (Å²) < 4.78 is 16.5. The van der Waals surface area contributed by atoms with Crippen LogP contribution in [0, 0.1) is 16.7 Å². The molecule has 2 unspecified atom stereocenters. The Labute approximate surface area is 141 Å². The lowest BCUT2D eigenvalue weighted by Crippen LogP contribution is -2.52. The van der Waals surface area contributed by atoms with Crippen molar-refractivity contribution in [1.82, 2.24) is 0 Å². The maximum atomic E-state index is 12.5. The molecule has 0 saturated heterocycles. The summed E-state index contributed by atoms with van der Waals surface area (Å²) in [5.41, 5.74) is 0.474. The number of methoxy groups -OCH3 is 2. The lowest BCUT2D eigenvalue weighted by Gasteiger charge is -2.42. The summed E-state index contributed by atoms with van der Waals surface area (Å²) >= 11 is 0. The van der Waals surface area contributed by atoms with E-state index in [0.717, 1.165) is 5.56 Å². The van der Waals surface area contributed by atoms with E-state index in [9.17, 15) is 10.1 Å². The van der Waals surface area contributed by atoms with Crippen molar-refractivity contribution in [2.75, 3.05) is 19.1 Å². The number of carbonyl (C=O) groups is 1. The number of amides is 1. The van der Waals surface area contributed by atoms with E-state index >= 15 is 0 Å². The zero-order valence-electron chi connectivity index (χ0n) is 14.4. The van der Waals surface area contributed by atoms with Crippen molar-refractivity contribution >= 4 is 11.8 Å². The Balaban J connectivity index is 2.35. The van der Waals surface area contributed by atoms with Gasteiger partial charge in [0.05, 0.1) is 19.9 Å². The van der Waals surface area contributed by atoms with Crippen molar-refractivity contribution in [3.63, 3.8) is 0 Å². The first-order chi connectivity index (χ1) is 11.3. The van der Waals surface area contributed by atoms with Gasteiger partial charge in [-0.25, -0.2) is 4.79 Å². The Morgan fingerprint density at radius 3 is 2.54 bits per heavy atom. The first kappa shape index (κ1) is 16.2. The fourth-order valence-electron chi connectivity index (χ4n) is 3.75. The summed E-state index contributed by atoms with van der Waals surface area (Å²) in [6, 6.07) is 9.02. The molecule has 6 nitrogen and oxygen atoms in total. The fourth-order valence-corrected chi connectivity index (χ4v) is 3.75. The van der Waals surface area contributed by atoms with E-state index in [4.69, 9.17) is 14.2 Å². The van der Waals surface area contributed by atoms with Crippen molar-refractivity contribution < 1.29 is 19.0 Å².